The van der Waals surface area contributed by atoms with E-state index in [4.69, 9.17) is 10.5 Å². The van der Waals surface area contributed by atoms with Crippen molar-refractivity contribution in [3.63, 3.8) is 0 Å². The number of ether oxygens (including phenoxy) is 1. The van der Waals surface area contributed by atoms with Gasteiger partial charge in [0.2, 0.25) is 0 Å². The molecular formula is C17H18FN5O. The molecule has 0 spiro atoms. The highest BCUT2D eigenvalue weighted by Gasteiger charge is 2.04. The van der Waals surface area contributed by atoms with Gasteiger partial charge in [-0.15, -0.1) is 0 Å². The number of benzene rings is 1. The first kappa shape index (κ1) is 15.9. The number of hydrogen-bond donors (Lipinski definition) is 2. The van der Waals surface area contributed by atoms with Gasteiger partial charge in [-0.25, -0.2) is 19.3 Å². The molecule has 0 unspecified atom stereocenters. The molecule has 0 saturated heterocycles. The Kier molecular flexibility index (Phi) is 5.00. The van der Waals surface area contributed by atoms with Crippen molar-refractivity contribution in [3.05, 3.63) is 48.5 Å². The lowest BCUT2D eigenvalue weighted by Gasteiger charge is -2.09. The number of anilines is 2. The van der Waals surface area contributed by atoms with Gasteiger partial charge in [0, 0.05) is 6.54 Å². The zero-order valence-corrected chi connectivity index (χ0v) is 13.1. The summed E-state index contributed by atoms with van der Waals surface area (Å²) in [6.45, 7) is 1.33. The van der Waals surface area contributed by atoms with E-state index >= 15 is 0 Å². The fraction of sp³-hybridized carbons (Fsp3) is 0.235. The molecule has 6 nitrogen and oxygen atoms in total. The van der Waals surface area contributed by atoms with Crippen LogP contribution in [0, 0.1) is 5.82 Å². The molecule has 0 aliphatic heterocycles. The van der Waals surface area contributed by atoms with Crippen molar-refractivity contribution in [2.45, 2.75) is 12.8 Å². The zero-order valence-electron chi connectivity index (χ0n) is 13.1. The molecule has 7 heteroatoms. The number of nitrogens with zero attached hydrogens (tertiary/aromatic N) is 3. The molecule has 0 aliphatic carbocycles. The summed E-state index contributed by atoms with van der Waals surface area (Å²) in [6.07, 6.45) is 3.25. The largest absolute Gasteiger partial charge is 0.494 e. The van der Waals surface area contributed by atoms with Crippen LogP contribution in [0.5, 0.6) is 5.75 Å². The minimum Gasteiger partial charge on any atom is -0.494 e. The van der Waals surface area contributed by atoms with Gasteiger partial charge in [0.05, 0.1) is 12.0 Å². The van der Waals surface area contributed by atoms with Crippen molar-refractivity contribution in [2.75, 3.05) is 24.2 Å². The maximum atomic E-state index is 12.8. The molecule has 0 fully saturated rings. The Balaban J connectivity index is 1.44. The molecule has 1 aromatic carbocycles. The van der Waals surface area contributed by atoms with Gasteiger partial charge in [0.25, 0.3) is 0 Å². The number of halogens is 1. The van der Waals surface area contributed by atoms with Crippen LogP contribution in [0.2, 0.25) is 0 Å². The number of unbranched alkanes of at least 4 members (excludes halogenated alkanes) is 1. The molecule has 2 heterocycles. The Morgan fingerprint density at radius 3 is 2.71 bits per heavy atom. The van der Waals surface area contributed by atoms with Gasteiger partial charge in [-0.05, 0) is 49.2 Å². The monoisotopic (exact) mass is 327 g/mol. The molecule has 3 aromatic rings. The molecule has 0 radical (unpaired) electrons. The third-order valence-electron chi connectivity index (χ3n) is 3.46. The van der Waals surface area contributed by atoms with E-state index in [2.05, 4.69) is 20.3 Å². The zero-order chi connectivity index (χ0) is 16.8. The highest BCUT2D eigenvalue weighted by atomic mass is 19.1. The standard InChI is InChI=1S/C17H18FN5O/c18-12-3-5-13(6-4-12)24-10-2-1-9-20-16-14-7-8-15(19)23-17(14)22-11-21-16/h3-8,11H,1-2,9-10H2,(H3,19,20,21,22,23). The normalized spacial score (nSPS) is 10.7. The first-order valence-electron chi connectivity index (χ1n) is 7.72. The number of nitrogens with two attached hydrogens (primary N) is 1. The minimum absolute atomic E-state index is 0.264. The molecule has 0 aliphatic rings. The number of rotatable bonds is 7. The number of fused-ring (bicyclic) bond motifs is 1. The number of aromatic nitrogens is 3. The lowest BCUT2D eigenvalue weighted by Crippen LogP contribution is -2.07. The first-order valence-corrected chi connectivity index (χ1v) is 7.72. The second kappa shape index (κ2) is 7.54. The summed E-state index contributed by atoms with van der Waals surface area (Å²) in [7, 11) is 0. The van der Waals surface area contributed by atoms with Crippen LogP contribution in [-0.2, 0) is 0 Å². The number of pyridine rings is 1. The Morgan fingerprint density at radius 2 is 1.88 bits per heavy atom. The van der Waals surface area contributed by atoms with Crippen LogP contribution in [0.1, 0.15) is 12.8 Å². The second-order valence-electron chi connectivity index (χ2n) is 5.27. The summed E-state index contributed by atoms with van der Waals surface area (Å²) in [5.41, 5.74) is 6.23. The topological polar surface area (TPSA) is 86.0 Å². The molecule has 124 valence electrons. The van der Waals surface area contributed by atoms with Crippen LogP contribution in [0.25, 0.3) is 11.0 Å². The fourth-order valence-electron chi connectivity index (χ4n) is 2.25. The second-order valence-corrected chi connectivity index (χ2v) is 5.27. The van der Waals surface area contributed by atoms with Crippen molar-refractivity contribution >= 4 is 22.7 Å². The third-order valence-corrected chi connectivity index (χ3v) is 3.46. The summed E-state index contributed by atoms with van der Waals surface area (Å²) in [5, 5.41) is 4.12. The number of hydrogen-bond acceptors (Lipinski definition) is 6. The van der Waals surface area contributed by atoms with E-state index in [1.54, 1.807) is 18.2 Å². The third kappa shape index (κ3) is 4.07. The summed E-state index contributed by atoms with van der Waals surface area (Å²) in [5.74, 6) is 1.59. The molecule has 0 saturated carbocycles. The van der Waals surface area contributed by atoms with Crippen molar-refractivity contribution < 1.29 is 9.13 Å². The molecule has 0 amide bonds. The number of nitrogens with one attached hydrogen (secondary N) is 1. The summed E-state index contributed by atoms with van der Waals surface area (Å²) in [4.78, 5) is 12.5. The van der Waals surface area contributed by atoms with Crippen LogP contribution < -0.4 is 15.8 Å². The van der Waals surface area contributed by atoms with Crippen LogP contribution >= 0.6 is 0 Å². The van der Waals surface area contributed by atoms with Crippen LogP contribution in [0.15, 0.2) is 42.7 Å². The van der Waals surface area contributed by atoms with Gasteiger partial charge in [0.1, 0.15) is 29.5 Å². The van der Waals surface area contributed by atoms with Crippen LogP contribution in [-0.4, -0.2) is 28.1 Å². The smallest absolute Gasteiger partial charge is 0.166 e. The predicted octanol–water partition coefficient (Wildman–Crippen LogP) is 3.02. The van der Waals surface area contributed by atoms with Gasteiger partial charge in [-0.1, -0.05) is 0 Å². The Hall–Kier alpha value is -2.96. The molecule has 0 bridgehead atoms. The van der Waals surface area contributed by atoms with E-state index in [9.17, 15) is 4.39 Å². The minimum atomic E-state index is -0.264. The summed E-state index contributed by atoms with van der Waals surface area (Å²) < 4.78 is 18.3. The van der Waals surface area contributed by atoms with Crippen molar-refractivity contribution in [1.82, 2.24) is 15.0 Å². The fourth-order valence-corrected chi connectivity index (χ4v) is 2.25. The lowest BCUT2D eigenvalue weighted by atomic mass is 10.3. The summed E-state index contributed by atoms with van der Waals surface area (Å²) in [6, 6.07) is 9.61. The van der Waals surface area contributed by atoms with Crippen molar-refractivity contribution in [2.24, 2.45) is 0 Å². The Labute approximate surface area is 138 Å². The molecule has 24 heavy (non-hydrogen) atoms. The van der Waals surface area contributed by atoms with E-state index in [0.29, 0.717) is 23.8 Å². The van der Waals surface area contributed by atoms with E-state index in [-0.39, 0.29) is 5.82 Å². The quantitative estimate of drug-likeness (QED) is 0.649. The highest BCUT2D eigenvalue weighted by molar-refractivity contribution is 5.86. The SMILES string of the molecule is Nc1ccc2c(NCCCCOc3ccc(F)cc3)ncnc2n1. The maximum Gasteiger partial charge on any atom is 0.166 e. The van der Waals surface area contributed by atoms with Gasteiger partial charge in [0.15, 0.2) is 5.65 Å². The van der Waals surface area contributed by atoms with E-state index in [1.165, 1.54) is 18.5 Å². The molecule has 3 rings (SSSR count). The lowest BCUT2D eigenvalue weighted by molar-refractivity contribution is 0.308. The number of nitrogen functional groups attached to an aromatic ring is 1. The van der Waals surface area contributed by atoms with Crippen molar-refractivity contribution in [1.29, 1.82) is 0 Å². The van der Waals surface area contributed by atoms with Gasteiger partial charge in [-0.3, -0.25) is 0 Å². The first-order chi connectivity index (χ1) is 11.7. The van der Waals surface area contributed by atoms with Gasteiger partial charge < -0.3 is 15.8 Å². The molecule has 2 aromatic heterocycles. The van der Waals surface area contributed by atoms with Gasteiger partial charge in [-0.2, -0.15) is 0 Å². The van der Waals surface area contributed by atoms with Crippen molar-refractivity contribution in [3.8, 4) is 5.75 Å². The van der Waals surface area contributed by atoms with E-state index < -0.39 is 0 Å². The summed E-state index contributed by atoms with van der Waals surface area (Å²) >= 11 is 0. The highest BCUT2D eigenvalue weighted by Crippen LogP contribution is 2.18. The van der Waals surface area contributed by atoms with Gasteiger partial charge >= 0.3 is 0 Å². The van der Waals surface area contributed by atoms with E-state index in [1.807, 2.05) is 6.07 Å². The predicted molar refractivity (Wildman–Crippen MR) is 91.4 cm³/mol. The molecule has 0 atom stereocenters. The van der Waals surface area contributed by atoms with Crippen LogP contribution in [0.3, 0.4) is 0 Å². The molecule has 3 N–H and O–H groups in total. The maximum absolute atomic E-state index is 12.8. The van der Waals surface area contributed by atoms with E-state index in [0.717, 1.165) is 30.6 Å². The Bertz CT molecular complexity index is 810. The Morgan fingerprint density at radius 1 is 1.04 bits per heavy atom. The average Bonchev–Trinajstić information content (AvgIpc) is 2.59. The molecular weight excluding hydrogens is 309 g/mol. The van der Waals surface area contributed by atoms with Crippen LogP contribution in [0.4, 0.5) is 16.0 Å². The average molecular weight is 327 g/mol.